The van der Waals surface area contributed by atoms with E-state index in [2.05, 4.69) is 30.4 Å². The monoisotopic (exact) mass is 458 g/mol. The first-order valence-corrected chi connectivity index (χ1v) is 12.2. The summed E-state index contributed by atoms with van der Waals surface area (Å²) < 4.78 is 34.8. The summed E-state index contributed by atoms with van der Waals surface area (Å²) >= 11 is 5.89. The molecule has 1 unspecified atom stereocenters. The number of hydrogen-bond acceptors (Lipinski definition) is 4. The molecular weight excluding hydrogens is 432 g/mol. The lowest BCUT2D eigenvalue weighted by atomic mass is 10.1. The maximum atomic E-state index is 12.9. The van der Waals surface area contributed by atoms with E-state index in [9.17, 15) is 8.42 Å². The third-order valence-corrected chi connectivity index (χ3v) is 7.27. The van der Waals surface area contributed by atoms with Crippen molar-refractivity contribution in [3.8, 4) is 5.75 Å². The van der Waals surface area contributed by atoms with Gasteiger partial charge >= 0.3 is 0 Å². The van der Waals surface area contributed by atoms with Crippen molar-refractivity contribution in [3.05, 3.63) is 65.7 Å². The number of fused-ring (bicyclic) bond motifs is 1. The van der Waals surface area contributed by atoms with Crippen LogP contribution in [0.25, 0.3) is 10.8 Å². The van der Waals surface area contributed by atoms with E-state index in [1.807, 2.05) is 30.3 Å². The van der Waals surface area contributed by atoms with E-state index >= 15 is 0 Å². The Morgan fingerprint density at radius 2 is 1.68 bits per heavy atom. The number of sulfonamides is 1. The predicted molar refractivity (Wildman–Crippen MR) is 127 cm³/mol. The van der Waals surface area contributed by atoms with Crippen LogP contribution in [-0.4, -0.2) is 38.1 Å². The highest BCUT2D eigenvalue weighted by Crippen LogP contribution is 2.34. The molecule has 3 aromatic carbocycles. The molecule has 4 rings (SSSR count). The van der Waals surface area contributed by atoms with Crippen LogP contribution in [0.1, 0.15) is 27.2 Å². The molecule has 0 aliphatic carbocycles. The third-order valence-electron chi connectivity index (χ3n) is 5.64. The summed E-state index contributed by atoms with van der Waals surface area (Å²) in [5.74, 6) is 0.769. The average Bonchev–Trinajstić information content (AvgIpc) is 3.19. The fourth-order valence-electron chi connectivity index (χ4n) is 3.89. The van der Waals surface area contributed by atoms with E-state index in [1.165, 1.54) is 12.1 Å². The van der Waals surface area contributed by atoms with Gasteiger partial charge in [-0.15, -0.1) is 0 Å². The number of nitrogens with zero attached hydrogens (tertiary/aromatic N) is 1. The lowest BCUT2D eigenvalue weighted by molar-refractivity contribution is 0.141. The molecular formula is C24H27ClN2O3S. The van der Waals surface area contributed by atoms with Crippen LogP contribution in [0.3, 0.4) is 0 Å². The maximum Gasteiger partial charge on any atom is 0.261 e. The average molecular weight is 459 g/mol. The van der Waals surface area contributed by atoms with Crippen LogP contribution < -0.4 is 9.46 Å². The highest BCUT2D eigenvalue weighted by atomic mass is 35.5. The van der Waals surface area contributed by atoms with Crippen molar-refractivity contribution in [2.24, 2.45) is 0 Å². The Hall–Kier alpha value is -2.28. The van der Waals surface area contributed by atoms with Gasteiger partial charge in [-0.1, -0.05) is 35.9 Å². The summed E-state index contributed by atoms with van der Waals surface area (Å²) in [6.07, 6.45) is 1.08. The number of ether oxygens (including phenoxy) is 1. The van der Waals surface area contributed by atoms with Crippen LogP contribution >= 0.6 is 11.6 Å². The molecule has 1 aliphatic heterocycles. The van der Waals surface area contributed by atoms with Crippen LogP contribution in [0.5, 0.6) is 5.75 Å². The normalized spacial score (nSPS) is 17.7. The molecule has 1 aliphatic rings. The van der Waals surface area contributed by atoms with Gasteiger partial charge in [0, 0.05) is 34.4 Å². The zero-order chi connectivity index (χ0) is 22.2. The maximum absolute atomic E-state index is 12.9. The Labute approximate surface area is 189 Å². The molecule has 5 nitrogen and oxygen atoms in total. The van der Waals surface area contributed by atoms with E-state index in [0.717, 1.165) is 36.0 Å². The SMILES string of the molecule is CC(C)(C)N1CCC(Oc2ccc(NS(=O)(=O)c3ccc(Cl)cc3)c3ccccc23)C1. The largest absolute Gasteiger partial charge is 0.488 e. The van der Waals surface area contributed by atoms with Gasteiger partial charge in [-0.3, -0.25) is 9.62 Å². The van der Waals surface area contributed by atoms with Gasteiger partial charge < -0.3 is 4.74 Å². The molecule has 1 heterocycles. The van der Waals surface area contributed by atoms with Crippen molar-refractivity contribution < 1.29 is 13.2 Å². The highest BCUT2D eigenvalue weighted by Gasteiger charge is 2.31. The van der Waals surface area contributed by atoms with Crippen molar-refractivity contribution in [2.45, 2.75) is 43.7 Å². The minimum atomic E-state index is -3.74. The van der Waals surface area contributed by atoms with Crippen LogP contribution in [0, 0.1) is 0 Å². The van der Waals surface area contributed by atoms with Crippen molar-refractivity contribution in [1.82, 2.24) is 4.90 Å². The number of nitrogens with one attached hydrogen (secondary N) is 1. The Morgan fingerprint density at radius 1 is 1.00 bits per heavy atom. The molecule has 0 saturated carbocycles. The molecule has 1 fully saturated rings. The lowest BCUT2D eigenvalue weighted by Gasteiger charge is -2.31. The van der Waals surface area contributed by atoms with Crippen LogP contribution in [0.15, 0.2) is 65.6 Å². The quantitative estimate of drug-likeness (QED) is 0.544. The molecule has 1 atom stereocenters. The molecule has 1 N–H and O–H groups in total. The van der Waals surface area contributed by atoms with Gasteiger partial charge in [0.05, 0.1) is 10.6 Å². The second-order valence-corrected chi connectivity index (χ2v) is 11.0. The summed E-state index contributed by atoms with van der Waals surface area (Å²) in [5.41, 5.74) is 0.630. The van der Waals surface area contributed by atoms with Crippen molar-refractivity contribution in [2.75, 3.05) is 17.8 Å². The number of halogens is 1. The van der Waals surface area contributed by atoms with E-state index < -0.39 is 10.0 Å². The van der Waals surface area contributed by atoms with Crippen molar-refractivity contribution in [3.63, 3.8) is 0 Å². The van der Waals surface area contributed by atoms with Crippen LogP contribution in [0.2, 0.25) is 5.02 Å². The second-order valence-electron chi connectivity index (χ2n) is 8.86. The highest BCUT2D eigenvalue weighted by molar-refractivity contribution is 7.92. The molecule has 1 saturated heterocycles. The molecule has 7 heteroatoms. The third kappa shape index (κ3) is 4.81. The Morgan fingerprint density at radius 3 is 2.32 bits per heavy atom. The first kappa shape index (κ1) is 21.9. The van der Waals surface area contributed by atoms with E-state index in [0.29, 0.717) is 10.7 Å². The molecule has 0 radical (unpaired) electrons. The number of likely N-dealkylation sites (tertiary alicyclic amines) is 1. The summed E-state index contributed by atoms with van der Waals surface area (Å²) in [5, 5.41) is 2.17. The first-order valence-electron chi connectivity index (χ1n) is 10.4. The molecule has 3 aromatic rings. The summed E-state index contributed by atoms with van der Waals surface area (Å²) in [6, 6.07) is 17.4. The second kappa shape index (κ2) is 8.34. The molecule has 164 valence electrons. The summed E-state index contributed by atoms with van der Waals surface area (Å²) in [7, 11) is -3.74. The van der Waals surface area contributed by atoms with Gasteiger partial charge in [0.1, 0.15) is 11.9 Å². The van der Waals surface area contributed by atoms with Gasteiger partial charge in [0.25, 0.3) is 10.0 Å². The van der Waals surface area contributed by atoms with Crippen LogP contribution in [0.4, 0.5) is 5.69 Å². The van der Waals surface area contributed by atoms with Crippen molar-refractivity contribution >= 4 is 38.1 Å². The van der Waals surface area contributed by atoms with Gasteiger partial charge in [0.2, 0.25) is 0 Å². The molecule has 0 spiro atoms. The summed E-state index contributed by atoms with van der Waals surface area (Å²) in [6.45, 7) is 8.53. The fraction of sp³-hybridized carbons (Fsp3) is 0.333. The Bertz CT molecular complexity index is 1190. The Kier molecular flexibility index (Phi) is 5.90. The van der Waals surface area contributed by atoms with Crippen molar-refractivity contribution in [1.29, 1.82) is 0 Å². The lowest BCUT2D eigenvalue weighted by Crippen LogP contribution is -2.40. The number of rotatable bonds is 5. The van der Waals surface area contributed by atoms with Gasteiger partial charge in [-0.2, -0.15) is 0 Å². The minimum absolute atomic E-state index is 0.110. The standard InChI is InChI=1S/C24H27ClN2O3S/c1-24(2,3)27-15-14-18(16-27)30-23-13-12-22(20-6-4-5-7-21(20)23)26-31(28,29)19-10-8-17(25)9-11-19/h4-13,18,26H,14-16H2,1-3H3. The zero-order valence-electron chi connectivity index (χ0n) is 17.9. The topological polar surface area (TPSA) is 58.6 Å². The van der Waals surface area contributed by atoms with Gasteiger partial charge in [0.15, 0.2) is 0 Å². The molecule has 0 amide bonds. The minimum Gasteiger partial charge on any atom is -0.488 e. The fourth-order valence-corrected chi connectivity index (χ4v) is 5.10. The van der Waals surface area contributed by atoms with Crippen LogP contribution in [-0.2, 0) is 10.0 Å². The van der Waals surface area contributed by atoms with E-state index in [-0.39, 0.29) is 16.5 Å². The van der Waals surface area contributed by atoms with Gasteiger partial charge in [-0.05, 0) is 63.6 Å². The van der Waals surface area contributed by atoms with E-state index in [1.54, 1.807) is 18.2 Å². The Balaban J connectivity index is 1.61. The summed E-state index contributed by atoms with van der Waals surface area (Å²) in [4.78, 5) is 2.59. The molecule has 0 bridgehead atoms. The number of anilines is 1. The zero-order valence-corrected chi connectivity index (χ0v) is 19.5. The number of hydrogen-bond donors (Lipinski definition) is 1. The molecule has 0 aromatic heterocycles. The smallest absolute Gasteiger partial charge is 0.261 e. The van der Waals surface area contributed by atoms with Gasteiger partial charge in [-0.25, -0.2) is 8.42 Å². The molecule has 31 heavy (non-hydrogen) atoms. The number of benzene rings is 3. The predicted octanol–water partition coefficient (Wildman–Crippen LogP) is 5.55. The van der Waals surface area contributed by atoms with E-state index in [4.69, 9.17) is 16.3 Å². The first-order chi connectivity index (χ1) is 14.6.